The molecule has 0 amide bonds. The third kappa shape index (κ3) is 2.26. The number of methoxy groups -OCH3 is 1. The molecule has 0 fully saturated rings. The van der Waals surface area contributed by atoms with Crippen molar-refractivity contribution >= 4 is 0 Å². The topological polar surface area (TPSA) is 62.8 Å². The van der Waals surface area contributed by atoms with Crippen LogP contribution in [-0.4, -0.2) is 29.6 Å². The summed E-state index contributed by atoms with van der Waals surface area (Å²) < 4.78 is 18.5. The zero-order chi connectivity index (χ0) is 12.3. The van der Waals surface area contributed by atoms with Crippen molar-refractivity contribution in [2.75, 3.05) is 14.2 Å². The minimum absolute atomic E-state index is 0.200. The van der Waals surface area contributed by atoms with Gasteiger partial charge in [0.1, 0.15) is 5.69 Å². The van der Waals surface area contributed by atoms with Crippen molar-refractivity contribution in [2.45, 2.75) is 6.04 Å². The van der Waals surface area contributed by atoms with E-state index in [9.17, 15) is 4.39 Å². The van der Waals surface area contributed by atoms with E-state index >= 15 is 0 Å². The van der Waals surface area contributed by atoms with E-state index < -0.39 is 5.82 Å². The van der Waals surface area contributed by atoms with Gasteiger partial charge in [-0.2, -0.15) is 15.4 Å². The van der Waals surface area contributed by atoms with Gasteiger partial charge in [0.15, 0.2) is 11.6 Å². The molecule has 2 aromatic rings. The normalized spacial score (nSPS) is 12.4. The molecule has 5 nitrogen and oxygen atoms in total. The standard InChI is InChI=1S/C11H13FN4O/c1-13-11(9-6-14-16-15-9)7-3-4-10(17-2)8(12)5-7/h3-6,11,13H,1-2H3,(H,14,15,16). The first kappa shape index (κ1) is 11.5. The van der Waals surface area contributed by atoms with Crippen LogP contribution in [0, 0.1) is 5.82 Å². The number of aromatic amines is 1. The molecule has 0 bridgehead atoms. The van der Waals surface area contributed by atoms with Gasteiger partial charge in [0, 0.05) is 0 Å². The molecule has 1 aromatic carbocycles. The average molecular weight is 236 g/mol. The SMILES string of the molecule is CNC(c1ccc(OC)c(F)c1)c1cn[nH]n1. The first-order valence-electron chi connectivity index (χ1n) is 5.12. The molecule has 0 aliphatic heterocycles. The lowest BCUT2D eigenvalue weighted by Crippen LogP contribution is -2.18. The van der Waals surface area contributed by atoms with Crippen molar-refractivity contribution in [3.63, 3.8) is 0 Å². The lowest BCUT2D eigenvalue weighted by Gasteiger charge is -2.14. The summed E-state index contributed by atoms with van der Waals surface area (Å²) in [6.45, 7) is 0. The molecule has 0 aliphatic rings. The molecule has 1 heterocycles. The van der Waals surface area contributed by atoms with Gasteiger partial charge in [0.05, 0.1) is 19.3 Å². The van der Waals surface area contributed by atoms with Gasteiger partial charge >= 0.3 is 0 Å². The molecule has 1 unspecified atom stereocenters. The van der Waals surface area contributed by atoms with Crippen LogP contribution in [0.4, 0.5) is 4.39 Å². The highest BCUT2D eigenvalue weighted by Gasteiger charge is 2.16. The predicted octanol–water partition coefficient (Wildman–Crippen LogP) is 1.26. The van der Waals surface area contributed by atoms with Crippen LogP contribution in [0.2, 0.25) is 0 Å². The molecule has 0 saturated carbocycles. The molecule has 1 atom stereocenters. The summed E-state index contributed by atoms with van der Waals surface area (Å²) >= 11 is 0. The molecule has 0 radical (unpaired) electrons. The van der Waals surface area contributed by atoms with Crippen LogP contribution >= 0.6 is 0 Å². The number of aromatic nitrogens is 3. The quantitative estimate of drug-likeness (QED) is 0.839. The maximum absolute atomic E-state index is 13.6. The highest BCUT2D eigenvalue weighted by molar-refractivity contribution is 5.33. The highest BCUT2D eigenvalue weighted by Crippen LogP contribution is 2.24. The van der Waals surface area contributed by atoms with E-state index in [1.165, 1.54) is 13.2 Å². The van der Waals surface area contributed by atoms with E-state index in [1.54, 1.807) is 25.4 Å². The van der Waals surface area contributed by atoms with Crippen molar-refractivity contribution < 1.29 is 9.13 Å². The number of H-pyrrole nitrogens is 1. The van der Waals surface area contributed by atoms with Crippen molar-refractivity contribution in [2.24, 2.45) is 0 Å². The van der Waals surface area contributed by atoms with Crippen molar-refractivity contribution in [1.82, 2.24) is 20.7 Å². The van der Waals surface area contributed by atoms with E-state index in [0.717, 1.165) is 5.56 Å². The number of ether oxygens (including phenoxy) is 1. The van der Waals surface area contributed by atoms with Crippen molar-refractivity contribution in [3.8, 4) is 5.75 Å². The maximum atomic E-state index is 13.6. The van der Waals surface area contributed by atoms with Gasteiger partial charge in [-0.1, -0.05) is 6.07 Å². The van der Waals surface area contributed by atoms with Gasteiger partial charge in [-0.25, -0.2) is 4.39 Å². The molecule has 0 aliphatic carbocycles. The molecule has 0 spiro atoms. The molecule has 6 heteroatoms. The third-order valence-corrected chi connectivity index (χ3v) is 2.53. The summed E-state index contributed by atoms with van der Waals surface area (Å²) in [7, 11) is 3.22. The summed E-state index contributed by atoms with van der Waals surface area (Å²) in [5.41, 5.74) is 1.47. The summed E-state index contributed by atoms with van der Waals surface area (Å²) in [4.78, 5) is 0. The summed E-state index contributed by atoms with van der Waals surface area (Å²) in [5.74, 6) is -0.169. The van der Waals surface area contributed by atoms with E-state index in [2.05, 4.69) is 20.7 Å². The monoisotopic (exact) mass is 236 g/mol. The number of nitrogens with one attached hydrogen (secondary N) is 2. The number of benzene rings is 1. The molecule has 90 valence electrons. The smallest absolute Gasteiger partial charge is 0.165 e. The summed E-state index contributed by atoms with van der Waals surface area (Å²) in [5, 5.41) is 13.3. The molecule has 2 rings (SSSR count). The zero-order valence-corrected chi connectivity index (χ0v) is 9.57. The fraction of sp³-hybridized carbons (Fsp3) is 0.273. The lowest BCUT2D eigenvalue weighted by atomic mass is 10.0. The minimum Gasteiger partial charge on any atom is -0.494 e. The Kier molecular flexibility index (Phi) is 3.34. The van der Waals surface area contributed by atoms with E-state index in [-0.39, 0.29) is 11.8 Å². The third-order valence-electron chi connectivity index (χ3n) is 2.53. The molecule has 17 heavy (non-hydrogen) atoms. The number of hydrogen-bond acceptors (Lipinski definition) is 4. The highest BCUT2D eigenvalue weighted by atomic mass is 19.1. The Labute approximate surface area is 98.0 Å². The van der Waals surface area contributed by atoms with Gasteiger partial charge in [0.2, 0.25) is 0 Å². The number of hydrogen-bond donors (Lipinski definition) is 2. The Morgan fingerprint density at radius 2 is 2.29 bits per heavy atom. The number of rotatable bonds is 4. The van der Waals surface area contributed by atoms with Gasteiger partial charge < -0.3 is 10.1 Å². The van der Waals surface area contributed by atoms with E-state index in [1.807, 2.05) is 0 Å². The number of nitrogens with zero attached hydrogens (tertiary/aromatic N) is 2. The van der Waals surface area contributed by atoms with Crippen LogP contribution < -0.4 is 10.1 Å². The molecule has 1 aromatic heterocycles. The largest absolute Gasteiger partial charge is 0.494 e. The first-order valence-corrected chi connectivity index (χ1v) is 5.12. The first-order chi connectivity index (χ1) is 8.26. The second kappa shape index (κ2) is 4.92. The Morgan fingerprint density at radius 1 is 1.47 bits per heavy atom. The lowest BCUT2D eigenvalue weighted by molar-refractivity contribution is 0.386. The molecular formula is C11H13FN4O. The number of halogens is 1. The van der Waals surface area contributed by atoms with Crippen molar-refractivity contribution in [3.05, 3.63) is 41.5 Å². The average Bonchev–Trinajstić information content (AvgIpc) is 2.84. The van der Waals surface area contributed by atoms with Gasteiger partial charge in [0.25, 0.3) is 0 Å². The molecule has 0 saturated heterocycles. The molecular weight excluding hydrogens is 223 g/mol. The molecule has 2 N–H and O–H groups in total. The Bertz CT molecular complexity index is 486. The van der Waals surface area contributed by atoms with Crippen LogP contribution in [0.15, 0.2) is 24.4 Å². The van der Waals surface area contributed by atoms with E-state index in [0.29, 0.717) is 5.69 Å². The van der Waals surface area contributed by atoms with Gasteiger partial charge in [-0.15, -0.1) is 0 Å². The maximum Gasteiger partial charge on any atom is 0.165 e. The van der Waals surface area contributed by atoms with E-state index in [4.69, 9.17) is 4.74 Å². The summed E-state index contributed by atoms with van der Waals surface area (Å²) in [6.07, 6.45) is 1.60. The van der Waals surface area contributed by atoms with Crippen LogP contribution in [0.3, 0.4) is 0 Å². The van der Waals surface area contributed by atoms with Crippen LogP contribution in [0.1, 0.15) is 17.3 Å². The Morgan fingerprint density at radius 3 is 2.82 bits per heavy atom. The van der Waals surface area contributed by atoms with Crippen molar-refractivity contribution in [1.29, 1.82) is 0 Å². The Balaban J connectivity index is 2.35. The fourth-order valence-corrected chi connectivity index (χ4v) is 1.70. The second-order valence-electron chi connectivity index (χ2n) is 3.51. The predicted molar refractivity (Wildman–Crippen MR) is 60.2 cm³/mol. The Hall–Kier alpha value is -1.95. The van der Waals surface area contributed by atoms with Crippen LogP contribution in [-0.2, 0) is 0 Å². The summed E-state index contributed by atoms with van der Waals surface area (Å²) in [6, 6.07) is 4.61. The fourth-order valence-electron chi connectivity index (χ4n) is 1.70. The van der Waals surface area contributed by atoms with Gasteiger partial charge in [-0.3, -0.25) is 0 Å². The van der Waals surface area contributed by atoms with Gasteiger partial charge in [-0.05, 0) is 24.7 Å². The zero-order valence-electron chi connectivity index (χ0n) is 9.57. The second-order valence-corrected chi connectivity index (χ2v) is 3.51. The van der Waals surface area contributed by atoms with Crippen LogP contribution in [0.5, 0.6) is 5.75 Å². The minimum atomic E-state index is -0.395. The van der Waals surface area contributed by atoms with Crippen LogP contribution in [0.25, 0.3) is 0 Å².